The molecule has 5 heteroatoms. The van der Waals surface area contributed by atoms with Gasteiger partial charge in [-0.15, -0.1) is 0 Å². The molecule has 0 atom stereocenters. The van der Waals surface area contributed by atoms with Crippen LogP contribution in [0.5, 0.6) is 0 Å². The van der Waals surface area contributed by atoms with Crippen molar-refractivity contribution < 1.29 is 0 Å². The molecule has 0 unspecified atom stereocenters. The maximum atomic E-state index is 4.43. The molecule has 0 aliphatic rings. The Hall–Kier alpha value is -0.290. The van der Waals surface area contributed by atoms with Crippen LogP contribution in [0.15, 0.2) is 10.7 Å². The van der Waals surface area contributed by atoms with Crippen molar-refractivity contribution in [2.75, 3.05) is 23.9 Å². The minimum atomic E-state index is 0.854. The summed E-state index contributed by atoms with van der Waals surface area (Å²) in [5, 5.41) is 3.28. The van der Waals surface area contributed by atoms with E-state index in [2.05, 4.69) is 44.4 Å². The van der Waals surface area contributed by atoms with Gasteiger partial charge in [-0.05, 0) is 28.6 Å². The van der Waals surface area contributed by atoms with Gasteiger partial charge in [0.05, 0.1) is 0 Å². The Kier molecular flexibility index (Phi) is 6.02. The highest BCUT2D eigenvalue weighted by atomic mass is 79.9. The maximum Gasteiger partial charge on any atom is 0.132 e. The molecule has 0 saturated heterocycles. The Bertz CT molecular complexity index is 307. The first-order valence-corrected chi connectivity index (χ1v) is 7.21. The summed E-state index contributed by atoms with van der Waals surface area (Å²) >= 11 is 5.22. The highest BCUT2D eigenvalue weighted by Crippen LogP contribution is 2.13. The van der Waals surface area contributed by atoms with E-state index in [1.54, 1.807) is 0 Å². The number of anilines is 1. The molecule has 0 aromatic carbocycles. The van der Waals surface area contributed by atoms with Crippen LogP contribution < -0.4 is 5.32 Å². The maximum absolute atomic E-state index is 4.43. The van der Waals surface area contributed by atoms with Crippen molar-refractivity contribution in [1.82, 2.24) is 9.97 Å². The van der Waals surface area contributed by atoms with Crippen LogP contribution in [-0.4, -0.2) is 28.5 Å². The Morgan fingerprint density at radius 2 is 2.27 bits per heavy atom. The van der Waals surface area contributed by atoms with E-state index >= 15 is 0 Å². The molecule has 1 aromatic heterocycles. The van der Waals surface area contributed by atoms with Crippen molar-refractivity contribution >= 4 is 33.5 Å². The first-order chi connectivity index (χ1) is 7.26. The standard InChI is InChI=1S/C10H16BrN3S/c1-3-4-9-13-8(11)7-10(14-9)12-5-6-15-2/h7H,3-6H2,1-2H3,(H,12,13,14). The number of aromatic nitrogens is 2. The van der Waals surface area contributed by atoms with Crippen molar-refractivity contribution in [1.29, 1.82) is 0 Å². The summed E-state index contributed by atoms with van der Waals surface area (Å²) in [6, 6.07) is 1.92. The van der Waals surface area contributed by atoms with E-state index in [4.69, 9.17) is 0 Å². The predicted octanol–water partition coefficient (Wildman–Crippen LogP) is 2.97. The van der Waals surface area contributed by atoms with Gasteiger partial charge in [0.2, 0.25) is 0 Å². The van der Waals surface area contributed by atoms with Crippen molar-refractivity contribution in [3.63, 3.8) is 0 Å². The molecule has 0 saturated carbocycles. The topological polar surface area (TPSA) is 37.8 Å². The average Bonchev–Trinajstić information content (AvgIpc) is 2.18. The third-order valence-electron chi connectivity index (χ3n) is 1.83. The van der Waals surface area contributed by atoms with Gasteiger partial charge in [0.25, 0.3) is 0 Å². The van der Waals surface area contributed by atoms with Crippen LogP contribution >= 0.6 is 27.7 Å². The van der Waals surface area contributed by atoms with Gasteiger partial charge in [-0.25, -0.2) is 9.97 Å². The summed E-state index contributed by atoms with van der Waals surface area (Å²) in [4.78, 5) is 8.75. The van der Waals surface area contributed by atoms with E-state index in [1.165, 1.54) is 0 Å². The highest BCUT2D eigenvalue weighted by Gasteiger charge is 2.01. The molecule has 1 rings (SSSR count). The van der Waals surface area contributed by atoms with E-state index in [0.29, 0.717) is 0 Å². The molecule has 3 nitrogen and oxygen atoms in total. The summed E-state index contributed by atoms with van der Waals surface area (Å²) in [5.74, 6) is 2.90. The predicted molar refractivity (Wildman–Crippen MR) is 70.6 cm³/mol. The zero-order valence-corrected chi connectivity index (χ0v) is 11.5. The van der Waals surface area contributed by atoms with Gasteiger partial charge < -0.3 is 5.32 Å². The molecule has 84 valence electrons. The molecule has 15 heavy (non-hydrogen) atoms. The van der Waals surface area contributed by atoms with Crippen LogP contribution in [0.4, 0.5) is 5.82 Å². The fraction of sp³-hybridized carbons (Fsp3) is 0.600. The third-order valence-corrected chi connectivity index (χ3v) is 2.85. The normalized spacial score (nSPS) is 10.3. The van der Waals surface area contributed by atoms with Crippen LogP contribution in [0.3, 0.4) is 0 Å². The smallest absolute Gasteiger partial charge is 0.132 e. The fourth-order valence-electron chi connectivity index (χ4n) is 1.17. The molecular formula is C10H16BrN3S. The minimum Gasteiger partial charge on any atom is -0.369 e. The van der Waals surface area contributed by atoms with Gasteiger partial charge >= 0.3 is 0 Å². The molecule has 0 radical (unpaired) electrons. The molecule has 1 aromatic rings. The van der Waals surface area contributed by atoms with Gasteiger partial charge in [-0.2, -0.15) is 11.8 Å². The average molecular weight is 290 g/mol. The molecule has 1 N–H and O–H groups in total. The van der Waals surface area contributed by atoms with Crippen LogP contribution in [0.25, 0.3) is 0 Å². The van der Waals surface area contributed by atoms with Crippen molar-refractivity contribution in [3.8, 4) is 0 Å². The zero-order valence-electron chi connectivity index (χ0n) is 9.09. The van der Waals surface area contributed by atoms with Crippen LogP contribution in [0.2, 0.25) is 0 Å². The summed E-state index contributed by atoms with van der Waals surface area (Å²) < 4.78 is 0.854. The second-order valence-corrected chi connectivity index (χ2v) is 4.96. The lowest BCUT2D eigenvalue weighted by Crippen LogP contribution is -2.07. The molecule has 0 aliphatic heterocycles. The summed E-state index contributed by atoms with van der Waals surface area (Å²) in [6.07, 6.45) is 4.09. The van der Waals surface area contributed by atoms with Gasteiger partial charge in [0.1, 0.15) is 16.2 Å². The van der Waals surface area contributed by atoms with Crippen LogP contribution in [0.1, 0.15) is 19.2 Å². The first-order valence-electron chi connectivity index (χ1n) is 5.02. The number of hydrogen-bond donors (Lipinski definition) is 1. The Labute approximate surface area is 104 Å². The lowest BCUT2D eigenvalue weighted by molar-refractivity contribution is 0.829. The zero-order chi connectivity index (χ0) is 11.1. The first kappa shape index (κ1) is 12.8. The van der Waals surface area contributed by atoms with Gasteiger partial charge in [0.15, 0.2) is 0 Å². The van der Waals surface area contributed by atoms with Gasteiger partial charge in [0, 0.05) is 24.8 Å². The van der Waals surface area contributed by atoms with Crippen molar-refractivity contribution in [3.05, 3.63) is 16.5 Å². The van der Waals surface area contributed by atoms with Gasteiger partial charge in [-0.1, -0.05) is 6.92 Å². The fourth-order valence-corrected chi connectivity index (χ4v) is 1.90. The molecule has 0 spiro atoms. The number of rotatable bonds is 6. The number of nitrogens with zero attached hydrogens (tertiary/aromatic N) is 2. The molecule has 0 bridgehead atoms. The van der Waals surface area contributed by atoms with Gasteiger partial charge in [-0.3, -0.25) is 0 Å². The Balaban J connectivity index is 2.62. The summed E-state index contributed by atoms with van der Waals surface area (Å²) in [7, 11) is 0. The second-order valence-electron chi connectivity index (χ2n) is 3.16. The SMILES string of the molecule is CCCc1nc(Br)cc(NCCSC)n1. The number of hydrogen-bond acceptors (Lipinski definition) is 4. The molecule has 1 heterocycles. The Morgan fingerprint density at radius 3 is 2.93 bits per heavy atom. The summed E-state index contributed by atoms with van der Waals surface area (Å²) in [6.45, 7) is 3.07. The quantitative estimate of drug-likeness (QED) is 0.645. The van der Waals surface area contributed by atoms with E-state index in [1.807, 2.05) is 17.8 Å². The number of aryl methyl sites for hydroxylation is 1. The van der Waals surface area contributed by atoms with E-state index in [9.17, 15) is 0 Å². The summed E-state index contributed by atoms with van der Waals surface area (Å²) in [5.41, 5.74) is 0. The second kappa shape index (κ2) is 7.06. The van der Waals surface area contributed by atoms with Crippen molar-refractivity contribution in [2.24, 2.45) is 0 Å². The van der Waals surface area contributed by atoms with Crippen molar-refractivity contribution in [2.45, 2.75) is 19.8 Å². The minimum absolute atomic E-state index is 0.854. The largest absolute Gasteiger partial charge is 0.369 e. The Morgan fingerprint density at radius 1 is 1.47 bits per heavy atom. The molecule has 0 amide bonds. The monoisotopic (exact) mass is 289 g/mol. The molecule has 0 aliphatic carbocycles. The number of halogens is 1. The van der Waals surface area contributed by atoms with E-state index < -0.39 is 0 Å². The lowest BCUT2D eigenvalue weighted by Gasteiger charge is -2.06. The van der Waals surface area contributed by atoms with E-state index in [0.717, 1.165) is 41.4 Å². The lowest BCUT2D eigenvalue weighted by atomic mass is 10.3. The van der Waals surface area contributed by atoms with Crippen LogP contribution in [-0.2, 0) is 6.42 Å². The number of thioether (sulfide) groups is 1. The third kappa shape index (κ3) is 4.84. The van der Waals surface area contributed by atoms with Crippen LogP contribution in [0, 0.1) is 0 Å². The van der Waals surface area contributed by atoms with E-state index in [-0.39, 0.29) is 0 Å². The highest BCUT2D eigenvalue weighted by molar-refractivity contribution is 9.10. The molecular weight excluding hydrogens is 274 g/mol. The number of nitrogens with one attached hydrogen (secondary N) is 1. The molecule has 0 fully saturated rings.